The van der Waals surface area contributed by atoms with Gasteiger partial charge in [-0.25, -0.2) is 13.1 Å². The summed E-state index contributed by atoms with van der Waals surface area (Å²) >= 11 is 0. The van der Waals surface area contributed by atoms with E-state index >= 15 is 0 Å². The first kappa shape index (κ1) is 14.3. The van der Waals surface area contributed by atoms with Crippen LogP contribution in [0.25, 0.3) is 0 Å². The lowest BCUT2D eigenvalue weighted by molar-refractivity contribution is 0.248. The molecular formula is C14H22N2O2S. The van der Waals surface area contributed by atoms with E-state index in [0.717, 1.165) is 30.4 Å². The normalized spacial score (nSPS) is 18.1. The Labute approximate surface area is 115 Å². The zero-order valence-corrected chi connectivity index (χ0v) is 12.8. The van der Waals surface area contributed by atoms with Crippen LogP contribution in [0.5, 0.6) is 0 Å². The van der Waals surface area contributed by atoms with Crippen molar-refractivity contribution in [3.63, 3.8) is 0 Å². The van der Waals surface area contributed by atoms with E-state index in [2.05, 4.69) is 4.72 Å². The standard InChI is InChI=1S/C14H22N2O2S/c1-9-8-10(2)13(11(3)12(9)15)19(17,18)16-14(4)6-5-7-14/h8,16H,5-7,15H2,1-4H3. The molecule has 1 fully saturated rings. The third-order valence-corrected chi connectivity index (χ3v) is 5.99. The fraction of sp³-hybridized carbons (Fsp3) is 0.571. The van der Waals surface area contributed by atoms with Crippen LogP contribution in [-0.4, -0.2) is 14.0 Å². The molecule has 0 unspecified atom stereocenters. The molecule has 4 nitrogen and oxygen atoms in total. The summed E-state index contributed by atoms with van der Waals surface area (Å²) in [6.07, 6.45) is 2.87. The van der Waals surface area contributed by atoms with Crippen LogP contribution in [-0.2, 0) is 10.0 Å². The molecule has 3 N–H and O–H groups in total. The Kier molecular flexibility index (Phi) is 3.39. The van der Waals surface area contributed by atoms with Crippen molar-refractivity contribution in [1.82, 2.24) is 4.72 Å². The lowest BCUT2D eigenvalue weighted by Gasteiger charge is -2.39. The van der Waals surface area contributed by atoms with Gasteiger partial charge < -0.3 is 5.73 Å². The van der Waals surface area contributed by atoms with Crippen LogP contribution < -0.4 is 10.5 Å². The molecule has 2 rings (SSSR count). The first-order valence-electron chi connectivity index (χ1n) is 6.56. The highest BCUT2D eigenvalue weighted by Gasteiger charge is 2.37. The molecule has 0 spiro atoms. The maximum atomic E-state index is 12.6. The number of anilines is 1. The van der Waals surface area contributed by atoms with Crippen LogP contribution in [0.4, 0.5) is 5.69 Å². The molecule has 1 aromatic carbocycles. The number of nitrogens with one attached hydrogen (secondary N) is 1. The Morgan fingerprint density at radius 1 is 1.21 bits per heavy atom. The van der Waals surface area contributed by atoms with Crippen LogP contribution in [0.15, 0.2) is 11.0 Å². The summed E-state index contributed by atoms with van der Waals surface area (Å²) in [6.45, 7) is 7.44. The van der Waals surface area contributed by atoms with E-state index in [0.29, 0.717) is 16.1 Å². The molecule has 0 heterocycles. The van der Waals surface area contributed by atoms with Gasteiger partial charge in [-0.05, 0) is 63.6 Å². The first-order valence-corrected chi connectivity index (χ1v) is 8.05. The summed E-state index contributed by atoms with van der Waals surface area (Å²) in [6, 6.07) is 1.83. The molecule has 19 heavy (non-hydrogen) atoms. The predicted molar refractivity (Wildman–Crippen MR) is 77.6 cm³/mol. The lowest BCUT2D eigenvalue weighted by atomic mass is 9.80. The van der Waals surface area contributed by atoms with Crippen LogP contribution >= 0.6 is 0 Å². The van der Waals surface area contributed by atoms with Gasteiger partial charge in [0.1, 0.15) is 0 Å². The smallest absolute Gasteiger partial charge is 0.241 e. The molecule has 0 aliphatic heterocycles. The fourth-order valence-electron chi connectivity index (χ4n) is 2.78. The van der Waals surface area contributed by atoms with Crippen molar-refractivity contribution in [2.45, 2.75) is 57.4 Å². The number of hydrogen-bond acceptors (Lipinski definition) is 3. The molecule has 1 saturated carbocycles. The van der Waals surface area contributed by atoms with Gasteiger partial charge >= 0.3 is 0 Å². The van der Waals surface area contributed by atoms with E-state index in [1.807, 2.05) is 26.8 Å². The minimum absolute atomic E-state index is 0.294. The third kappa shape index (κ3) is 2.49. The number of nitrogen functional groups attached to an aromatic ring is 1. The molecule has 0 saturated heterocycles. The molecule has 0 bridgehead atoms. The molecule has 1 aliphatic rings. The second kappa shape index (κ2) is 4.49. The Bertz CT molecular complexity index is 617. The number of aryl methyl sites for hydroxylation is 2. The summed E-state index contributed by atoms with van der Waals surface area (Å²) in [7, 11) is -3.51. The summed E-state index contributed by atoms with van der Waals surface area (Å²) in [5, 5.41) is 0. The van der Waals surface area contributed by atoms with Crippen LogP contribution in [0.2, 0.25) is 0 Å². The number of hydrogen-bond donors (Lipinski definition) is 2. The SMILES string of the molecule is Cc1cc(C)c(S(=O)(=O)NC2(C)CCC2)c(C)c1N. The second-order valence-electron chi connectivity index (χ2n) is 5.90. The lowest BCUT2D eigenvalue weighted by Crippen LogP contribution is -2.51. The van der Waals surface area contributed by atoms with E-state index < -0.39 is 10.0 Å². The number of rotatable bonds is 3. The average Bonchev–Trinajstić information content (AvgIpc) is 2.22. The van der Waals surface area contributed by atoms with Crippen molar-refractivity contribution in [2.75, 3.05) is 5.73 Å². The monoisotopic (exact) mass is 282 g/mol. The second-order valence-corrected chi connectivity index (χ2v) is 7.52. The molecule has 0 amide bonds. The topological polar surface area (TPSA) is 72.2 Å². The Morgan fingerprint density at radius 3 is 2.26 bits per heavy atom. The van der Waals surface area contributed by atoms with E-state index in [1.165, 1.54) is 0 Å². The summed E-state index contributed by atoms with van der Waals surface area (Å²) in [4.78, 5) is 0.337. The van der Waals surface area contributed by atoms with Crippen molar-refractivity contribution in [1.29, 1.82) is 0 Å². The highest BCUT2D eigenvalue weighted by molar-refractivity contribution is 7.89. The molecule has 0 aromatic heterocycles. The average molecular weight is 282 g/mol. The Morgan fingerprint density at radius 2 is 1.79 bits per heavy atom. The van der Waals surface area contributed by atoms with Crippen LogP contribution in [0.1, 0.15) is 42.9 Å². The van der Waals surface area contributed by atoms with Gasteiger partial charge in [-0.1, -0.05) is 6.07 Å². The molecule has 1 aliphatic carbocycles. The molecule has 0 atom stereocenters. The zero-order chi connectivity index (χ0) is 14.4. The maximum absolute atomic E-state index is 12.6. The van der Waals surface area contributed by atoms with Gasteiger partial charge in [0.25, 0.3) is 0 Å². The van der Waals surface area contributed by atoms with Gasteiger partial charge in [0.05, 0.1) is 4.90 Å². The van der Waals surface area contributed by atoms with Crippen molar-refractivity contribution >= 4 is 15.7 Å². The molecule has 106 valence electrons. The zero-order valence-electron chi connectivity index (χ0n) is 12.0. The number of benzene rings is 1. The largest absolute Gasteiger partial charge is 0.398 e. The molecule has 1 aromatic rings. The van der Waals surface area contributed by atoms with E-state index in [4.69, 9.17) is 5.73 Å². The van der Waals surface area contributed by atoms with Crippen molar-refractivity contribution in [2.24, 2.45) is 0 Å². The Hall–Kier alpha value is -1.07. The molecule has 5 heteroatoms. The third-order valence-electron chi connectivity index (χ3n) is 4.07. The van der Waals surface area contributed by atoms with Crippen molar-refractivity contribution in [3.8, 4) is 0 Å². The highest BCUT2D eigenvalue weighted by Crippen LogP contribution is 2.34. The van der Waals surface area contributed by atoms with Crippen LogP contribution in [0.3, 0.4) is 0 Å². The van der Waals surface area contributed by atoms with E-state index in [1.54, 1.807) is 6.92 Å². The molecule has 0 radical (unpaired) electrons. The molecular weight excluding hydrogens is 260 g/mol. The quantitative estimate of drug-likeness (QED) is 0.836. The van der Waals surface area contributed by atoms with E-state index in [-0.39, 0.29) is 5.54 Å². The van der Waals surface area contributed by atoms with Gasteiger partial charge in [0, 0.05) is 11.2 Å². The van der Waals surface area contributed by atoms with Gasteiger partial charge in [-0.15, -0.1) is 0 Å². The number of nitrogens with two attached hydrogens (primary N) is 1. The van der Waals surface area contributed by atoms with Gasteiger partial charge in [0.2, 0.25) is 10.0 Å². The van der Waals surface area contributed by atoms with Gasteiger partial charge in [0.15, 0.2) is 0 Å². The Balaban J connectivity index is 2.49. The first-order chi connectivity index (χ1) is 8.66. The van der Waals surface area contributed by atoms with Gasteiger partial charge in [-0.3, -0.25) is 0 Å². The fourth-order valence-corrected chi connectivity index (χ4v) is 4.73. The maximum Gasteiger partial charge on any atom is 0.241 e. The van der Waals surface area contributed by atoms with Crippen LogP contribution in [0, 0.1) is 20.8 Å². The summed E-state index contributed by atoms with van der Waals surface area (Å²) in [5.74, 6) is 0. The van der Waals surface area contributed by atoms with Crippen molar-refractivity contribution < 1.29 is 8.42 Å². The highest BCUT2D eigenvalue weighted by atomic mass is 32.2. The van der Waals surface area contributed by atoms with Gasteiger partial charge in [-0.2, -0.15) is 0 Å². The van der Waals surface area contributed by atoms with Crippen molar-refractivity contribution in [3.05, 3.63) is 22.8 Å². The minimum Gasteiger partial charge on any atom is -0.398 e. The number of sulfonamides is 1. The minimum atomic E-state index is -3.51. The summed E-state index contributed by atoms with van der Waals surface area (Å²) < 4.78 is 28.0. The predicted octanol–water partition coefficient (Wildman–Crippen LogP) is 2.41. The summed E-state index contributed by atoms with van der Waals surface area (Å²) in [5.41, 5.74) is 8.55. The van der Waals surface area contributed by atoms with E-state index in [9.17, 15) is 8.42 Å².